The monoisotopic (exact) mass is 230 g/mol. The van der Waals surface area contributed by atoms with Crippen molar-refractivity contribution >= 4 is 12.0 Å². The molecule has 6 heteroatoms. The second-order valence-corrected chi connectivity index (χ2v) is 3.30. The van der Waals surface area contributed by atoms with Gasteiger partial charge in [0.2, 0.25) is 5.95 Å². The fraction of sp³-hybridized carbons (Fsp3) is 0.0909. The largest absolute Gasteiger partial charge is 0.465 e. The molecular weight excluding hydrogens is 220 g/mol. The van der Waals surface area contributed by atoms with Gasteiger partial charge in [-0.25, -0.2) is 19.7 Å². The van der Waals surface area contributed by atoms with Crippen molar-refractivity contribution in [3.05, 3.63) is 36.7 Å². The molecule has 2 aromatic heterocycles. The predicted octanol–water partition coefficient (Wildman–Crippen LogP) is 1.65. The lowest BCUT2D eigenvalue weighted by atomic mass is 10.2. The Morgan fingerprint density at radius 3 is 2.65 bits per heavy atom. The van der Waals surface area contributed by atoms with Crippen LogP contribution in [-0.4, -0.2) is 33.2 Å². The van der Waals surface area contributed by atoms with Gasteiger partial charge in [0, 0.05) is 19.4 Å². The Morgan fingerprint density at radius 2 is 2.00 bits per heavy atom. The molecule has 0 aliphatic carbocycles. The minimum atomic E-state index is -1.11. The maximum atomic E-state index is 10.8. The molecule has 6 nitrogen and oxygen atoms in total. The molecular formula is C11H10N4O2. The van der Waals surface area contributed by atoms with Crippen molar-refractivity contribution in [1.82, 2.24) is 15.0 Å². The van der Waals surface area contributed by atoms with Crippen LogP contribution in [0, 0.1) is 0 Å². The average molecular weight is 230 g/mol. The quantitative estimate of drug-likeness (QED) is 0.848. The van der Waals surface area contributed by atoms with Crippen LogP contribution in [0.4, 0.5) is 10.7 Å². The lowest BCUT2D eigenvalue weighted by Gasteiger charge is -2.10. The summed E-state index contributed by atoms with van der Waals surface area (Å²) in [4.78, 5) is 23.9. The van der Waals surface area contributed by atoms with Crippen LogP contribution in [0.15, 0.2) is 36.7 Å². The van der Waals surface area contributed by atoms with Crippen molar-refractivity contribution in [1.29, 1.82) is 0 Å². The Labute approximate surface area is 97.6 Å². The highest BCUT2D eigenvalue weighted by Crippen LogP contribution is 2.15. The molecule has 0 bridgehead atoms. The molecule has 0 aliphatic rings. The summed E-state index contributed by atoms with van der Waals surface area (Å²) >= 11 is 0. The van der Waals surface area contributed by atoms with E-state index in [0.29, 0.717) is 11.4 Å². The van der Waals surface area contributed by atoms with Crippen LogP contribution in [0.25, 0.3) is 11.4 Å². The maximum absolute atomic E-state index is 10.8. The zero-order valence-corrected chi connectivity index (χ0v) is 9.11. The van der Waals surface area contributed by atoms with Crippen molar-refractivity contribution in [3.8, 4) is 11.4 Å². The molecule has 0 spiro atoms. The van der Waals surface area contributed by atoms with Gasteiger partial charge < -0.3 is 5.11 Å². The van der Waals surface area contributed by atoms with Crippen molar-refractivity contribution in [2.24, 2.45) is 0 Å². The van der Waals surface area contributed by atoms with Crippen molar-refractivity contribution in [3.63, 3.8) is 0 Å². The third kappa shape index (κ3) is 2.36. The van der Waals surface area contributed by atoms with E-state index >= 15 is 0 Å². The number of carbonyl (C=O) groups is 1. The van der Waals surface area contributed by atoms with Gasteiger partial charge in [-0.2, -0.15) is 0 Å². The number of aromatic nitrogens is 3. The van der Waals surface area contributed by atoms with Crippen LogP contribution < -0.4 is 4.90 Å². The standard InChI is InChI=1S/C11H10N4O2/c1-15(11(16)17)10-13-7-5-9(14-10)8-4-2-3-6-12-8/h2-7H,1H3,(H,16,17). The summed E-state index contributed by atoms with van der Waals surface area (Å²) in [5.74, 6) is 0.126. The Kier molecular flexibility index (Phi) is 2.95. The lowest BCUT2D eigenvalue weighted by molar-refractivity contribution is 0.203. The van der Waals surface area contributed by atoms with Crippen molar-refractivity contribution in [2.75, 3.05) is 11.9 Å². The lowest BCUT2D eigenvalue weighted by Crippen LogP contribution is -2.25. The number of rotatable bonds is 2. The molecule has 17 heavy (non-hydrogen) atoms. The molecule has 0 aromatic carbocycles. The highest BCUT2D eigenvalue weighted by atomic mass is 16.4. The fourth-order valence-corrected chi connectivity index (χ4v) is 1.25. The minimum Gasteiger partial charge on any atom is -0.465 e. The summed E-state index contributed by atoms with van der Waals surface area (Å²) in [5, 5.41) is 8.83. The number of hydrogen-bond acceptors (Lipinski definition) is 4. The van der Waals surface area contributed by atoms with E-state index < -0.39 is 6.09 Å². The number of amides is 1. The van der Waals surface area contributed by atoms with Gasteiger partial charge in [-0.05, 0) is 18.2 Å². The Bertz CT molecular complexity index is 530. The van der Waals surface area contributed by atoms with E-state index in [4.69, 9.17) is 5.11 Å². The zero-order valence-electron chi connectivity index (χ0n) is 9.11. The van der Waals surface area contributed by atoms with E-state index in [0.717, 1.165) is 4.90 Å². The van der Waals surface area contributed by atoms with Crippen LogP contribution in [0.1, 0.15) is 0 Å². The maximum Gasteiger partial charge on any atom is 0.413 e. The molecule has 0 saturated heterocycles. The third-order valence-corrected chi connectivity index (χ3v) is 2.16. The highest BCUT2D eigenvalue weighted by Gasteiger charge is 2.12. The molecule has 0 atom stereocenters. The molecule has 0 saturated carbocycles. The molecule has 2 heterocycles. The van der Waals surface area contributed by atoms with Gasteiger partial charge >= 0.3 is 6.09 Å². The first-order valence-corrected chi connectivity index (χ1v) is 4.89. The number of carboxylic acid groups (broad SMARTS) is 1. The number of hydrogen-bond donors (Lipinski definition) is 1. The van der Waals surface area contributed by atoms with Crippen molar-refractivity contribution < 1.29 is 9.90 Å². The van der Waals surface area contributed by atoms with Crippen LogP contribution in [-0.2, 0) is 0 Å². The predicted molar refractivity (Wildman–Crippen MR) is 61.7 cm³/mol. The summed E-state index contributed by atoms with van der Waals surface area (Å²) in [6.07, 6.45) is 2.05. The van der Waals surface area contributed by atoms with Gasteiger partial charge in [-0.15, -0.1) is 0 Å². The average Bonchev–Trinajstić information content (AvgIpc) is 2.39. The molecule has 0 radical (unpaired) electrons. The molecule has 1 N–H and O–H groups in total. The molecule has 1 amide bonds. The first-order valence-electron chi connectivity index (χ1n) is 4.89. The van der Waals surface area contributed by atoms with Gasteiger partial charge in [0.15, 0.2) is 0 Å². The Balaban J connectivity index is 2.39. The molecule has 86 valence electrons. The number of anilines is 1. The van der Waals surface area contributed by atoms with E-state index in [1.165, 1.54) is 13.2 Å². The molecule has 0 unspecified atom stereocenters. The molecule has 2 rings (SSSR count). The van der Waals surface area contributed by atoms with Gasteiger partial charge in [-0.1, -0.05) is 6.07 Å². The fourth-order valence-electron chi connectivity index (χ4n) is 1.25. The van der Waals surface area contributed by atoms with E-state index in [1.54, 1.807) is 24.4 Å². The summed E-state index contributed by atoms with van der Waals surface area (Å²) < 4.78 is 0. The van der Waals surface area contributed by atoms with E-state index in [9.17, 15) is 4.79 Å². The Morgan fingerprint density at radius 1 is 1.18 bits per heavy atom. The smallest absolute Gasteiger partial charge is 0.413 e. The van der Waals surface area contributed by atoms with Gasteiger partial charge in [0.05, 0.1) is 11.4 Å². The Hall–Kier alpha value is -2.50. The summed E-state index contributed by atoms with van der Waals surface area (Å²) in [7, 11) is 1.39. The molecule has 0 aliphatic heterocycles. The van der Waals surface area contributed by atoms with Gasteiger partial charge in [0.25, 0.3) is 0 Å². The van der Waals surface area contributed by atoms with Crippen LogP contribution in [0.5, 0.6) is 0 Å². The first kappa shape index (κ1) is 11.0. The van der Waals surface area contributed by atoms with Gasteiger partial charge in [0.1, 0.15) is 0 Å². The normalized spacial score (nSPS) is 9.94. The van der Waals surface area contributed by atoms with E-state index in [-0.39, 0.29) is 5.95 Å². The minimum absolute atomic E-state index is 0.126. The first-order chi connectivity index (χ1) is 8.18. The SMILES string of the molecule is CN(C(=O)O)c1nccc(-c2ccccn2)n1. The zero-order chi connectivity index (χ0) is 12.3. The second-order valence-electron chi connectivity index (χ2n) is 3.30. The highest BCUT2D eigenvalue weighted by molar-refractivity contribution is 5.83. The molecule has 0 fully saturated rings. The van der Waals surface area contributed by atoms with Crippen molar-refractivity contribution in [2.45, 2.75) is 0 Å². The summed E-state index contributed by atoms with van der Waals surface area (Å²) in [5.41, 5.74) is 1.26. The number of pyridine rings is 1. The second kappa shape index (κ2) is 4.56. The van der Waals surface area contributed by atoms with Crippen LogP contribution >= 0.6 is 0 Å². The third-order valence-electron chi connectivity index (χ3n) is 2.16. The van der Waals surface area contributed by atoms with Crippen LogP contribution in [0.3, 0.4) is 0 Å². The summed E-state index contributed by atoms with van der Waals surface area (Å²) in [6.45, 7) is 0. The topological polar surface area (TPSA) is 79.2 Å². The van der Waals surface area contributed by atoms with E-state index in [2.05, 4.69) is 15.0 Å². The summed E-state index contributed by atoms with van der Waals surface area (Å²) in [6, 6.07) is 7.12. The van der Waals surface area contributed by atoms with E-state index in [1.807, 2.05) is 6.07 Å². The van der Waals surface area contributed by atoms with Gasteiger partial charge in [-0.3, -0.25) is 4.98 Å². The molecule has 2 aromatic rings. The number of nitrogens with zero attached hydrogens (tertiary/aromatic N) is 4. The van der Waals surface area contributed by atoms with Crippen LogP contribution in [0.2, 0.25) is 0 Å².